The molecule has 1 aliphatic rings. The predicted octanol–water partition coefficient (Wildman–Crippen LogP) is 2.69. The third-order valence-corrected chi connectivity index (χ3v) is 4.66. The number of hydrogen-bond donors (Lipinski definition) is 1. The van der Waals surface area contributed by atoms with Gasteiger partial charge in [-0.05, 0) is 32.4 Å². The summed E-state index contributed by atoms with van der Waals surface area (Å²) in [4.78, 5) is 22.6. The number of nitrogens with zero attached hydrogens (tertiary/aromatic N) is 4. The van der Waals surface area contributed by atoms with E-state index in [4.69, 9.17) is 0 Å². The fourth-order valence-electron chi connectivity index (χ4n) is 2.94. The van der Waals surface area contributed by atoms with Crippen molar-refractivity contribution in [1.29, 1.82) is 0 Å². The van der Waals surface area contributed by atoms with E-state index in [1.165, 1.54) is 0 Å². The van der Waals surface area contributed by atoms with Gasteiger partial charge in [-0.25, -0.2) is 9.78 Å². The lowest BCUT2D eigenvalue weighted by Crippen LogP contribution is -2.56. The first-order valence-electron chi connectivity index (χ1n) is 8.56. The van der Waals surface area contributed by atoms with Gasteiger partial charge >= 0.3 is 6.03 Å². The highest BCUT2D eigenvalue weighted by Crippen LogP contribution is 2.24. The molecule has 2 amide bonds. The average Bonchev–Trinajstić information content (AvgIpc) is 2.91. The second-order valence-electron chi connectivity index (χ2n) is 6.60. The third-order valence-electron chi connectivity index (χ3n) is 4.66. The highest BCUT2D eigenvalue weighted by Gasteiger charge is 2.31. The van der Waals surface area contributed by atoms with Crippen molar-refractivity contribution in [2.45, 2.75) is 39.8 Å². The number of hydrogen-bond acceptors (Lipinski definition) is 3. The molecule has 1 unspecified atom stereocenters. The number of rotatable bonds is 5. The van der Waals surface area contributed by atoms with Crippen LogP contribution in [-0.2, 0) is 6.54 Å². The molecule has 0 aromatic carbocycles. The van der Waals surface area contributed by atoms with E-state index in [0.717, 1.165) is 43.1 Å². The number of pyridine rings is 1. The molecular formula is C18H25N5O. The number of carbonyl (C=O) groups is 1. The van der Waals surface area contributed by atoms with Gasteiger partial charge < -0.3 is 14.8 Å². The second kappa shape index (κ2) is 7.03. The van der Waals surface area contributed by atoms with Crippen LogP contribution in [0.1, 0.15) is 26.0 Å². The van der Waals surface area contributed by atoms with Crippen molar-refractivity contribution in [2.75, 3.05) is 13.1 Å². The van der Waals surface area contributed by atoms with Crippen LogP contribution in [0.3, 0.4) is 0 Å². The van der Waals surface area contributed by atoms with E-state index in [2.05, 4.69) is 33.7 Å². The number of likely N-dealkylation sites (tertiary alicyclic amines) is 1. The van der Waals surface area contributed by atoms with Crippen LogP contribution in [0.5, 0.6) is 0 Å². The van der Waals surface area contributed by atoms with Gasteiger partial charge in [0.25, 0.3) is 0 Å². The zero-order chi connectivity index (χ0) is 17.1. The minimum absolute atomic E-state index is 0.0531. The summed E-state index contributed by atoms with van der Waals surface area (Å²) in [6.45, 7) is 8.67. The molecule has 2 aromatic heterocycles. The zero-order valence-electron chi connectivity index (χ0n) is 14.6. The fourth-order valence-corrected chi connectivity index (χ4v) is 2.94. The predicted molar refractivity (Wildman–Crippen MR) is 93.5 cm³/mol. The lowest BCUT2D eigenvalue weighted by molar-refractivity contribution is 0.108. The van der Waals surface area contributed by atoms with Crippen molar-refractivity contribution in [3.63, 3.8) is 0 Å². The van der Waals surface area contributed by atoms with Crippen molar-refractivity contribution >= 4 is 6.03 Å². The van der Waals surface area contributed by atoms with Gasteiger partial charge in [-0.2, -0.15) is 0 Å². The van der Waals surface area contributed by atoms with Gasteiger partial charge in [0.05, 0.1) is 0 Å². The van der Waals surface area contributed by atoms with Gasteiger partial charge in [0.1, 0.15) is 5.82 Å². The first-order valence-corrected chi connectivity index (χ1v) is 8.56. The summed E-state index contributed by atoms with van der Waals surface area (Å²) in [5, 5.41) is 3.02. The first-order chi connectivity index (χ1) is 11.6. The fraction of sp³-hybridized carbons (Fsp3) is 0.500. The van der Waals surface area contributed by atoms with Crippen LogP contribution in [0.15, 0.2) is 30.7 Å². The number of carbonyl (C=O) groups excluding carboxylic acids is 1. The summed E-state index contributed by atoms with van der Waals surface area (Å²) in [7, 11) is 0. The molecule has 2 aromatic rings. The van der Waals surface area contributed by atoms with Crippen LogP contribution in [0.4, 0.5) is 4.79 Å². The van der Waals surface area contributed by atoms with Gasteiger partial charge in [-0.3, -0.25) is 4.98 Å². The number of nitrogens with one attached hydrogen (secondary N) is 1. The number of aryl methyl sites for hydroxylation is 1. The maximum atomic E-state index is 12.1. The molecular weight excluding hydrogens is 302 g/mol. The highest BCUT2D eigenvalue weighted by molar-refractivity contribution is 5.75. The average molecular weight is 327 g/mol. The first kappa shape index (κ1) is 16.5. The van der Waals surface area contributed by atoms with E-state index in [1.54, 1.807) is 12.4 Å². The van der Waals surface area contributed by atoms with Gasteiger partial charge in [0, 0.05) is 61.4 Å². The Hall–Kier alpha value is -2.37. The Labute approximate surface area is 142 Å². The standard InChI is InChI=1S/C18H25N5O/c1-4-13(2)21-18(24)22-10-15(11-22)12-23-14(3)9-20-17(23)16-5-7-19-8-6-16/h5-9,13,15H,4,10-12H2,1-3H3,(H,21,24). The molecule has 0 saturated carbocycles. The summed E-state index contributed by atoms with van der Waals surface area (Å²) in [5.74, 6) is 1.44. The lowest BCUT2D eigenvalue weighted by Gasteiger charge is -2.40. The SMILES string of the molecule is CCC(C)NC(=O)N1CC(Cn2c(C)cnc2-c2ccncc2)C1. The summed E-state index contributed by atoms with van der Waals surface area (Å²) in [6.07, 6.45) is 6.43. The molecule has 3 rings (SSSR count). The second-order valence-corrected chi connectivity index (χ2v) is 6.60. The monoisotopic (exact) mass is 327 g/mol. The Morgan fingerprint density at radius 3 is 2.75 bits per heavy atom. The quantitative estimate of drug-likeness (QED) is 0.918. The molecule has 1 aliphatic heterocycles. The maximum Gasteiger partial charge on any atom is 0.317 e. The van der Waals surface area contributed by atoms with Crippen LogP contribution < -0.4 is 5.32 Å². The Kier molecular flexibility index (Phi) is 4.83. The smallest absolute Gasteiger partial charge is 0.317 e. The molecule has 128 valence electrons. The Balaban J connectivity index is 1.61. The molecule has 3 heterocycles. The molecule has 0 radical (unpaired) electrons. The Morgan fingerprint density at radius 1 is 1.38 bits per heavy atom. The molecule has 1 atom stereocenters. The molecule has 1 fully saturated rings. The third kappa shape index (κ3) is 3.42. The van der Waals surface area contributed by atoms with E-state index in [1.807, 2.05) is 30.2 Å². The molecule has 1 N–H and O–H groups in total. The van der Waals surface area contributed by atoms with Crippen molar-refractivity contribution in [3.05, 3.63) is 36.4 Å². The zero-order valence-corrected chi connectivity index (χ0v) is 14.6. The summed E-state index contributed by atoms with van der Waals surface area (Å²) >= 11 is 0. The van der Waals surface area contributed by atoms with Gasteiger partial charge in [-0.1, -0.05) is 6.92 Å². The molecule has 0 bridgehead atoms. The largest absolute Gasteiger partial charge is 0.336 e. The number of amides is 2. The molecule has 6 nitrogen and oxygen atoms in total. The van der Waals surface area contributed by atoms with Crippen LogP contribution >= 0.6 is 0 Å². The summed E-state index contributed by atoms with van der Waals surface area (Å²) in [6, 6.07) is 4.23. The number of imidazole rings is 1. The van der Waals surface area contributed by atoms with Gasteiger partial charge in [0.15, 0.2) is 0 Å². The van der Waals surface area contributed by atoms with E-state index < -0.39 is 0 Å². The van der Waals surface area contributed by atoms with Gasteiger partial charge in [0.2, 0.25) is 0 Å². The molecule has 1 saturated heterocycles. The lowest BCUT2D eigenvalue weighted by atomic mass is 10.0. The van der Waals surface area contributed by atoms with Crippen LogP contribution in [0, 0.1) is 12.8 Å². The van der Waals surface area contributed by atoms with Crippen LogP contribution in [-0.4, -0.2) is 44.6 Å². The molecule has 24 heavy (non-hydrogen) atoms. The number of aromatic nitrogens is 3. The molecule has 0 spiro atoms. The highest BCUT2D eigenvalue weighted by atomic mass is 16.2. The Morgan fingerprint density at radius 2 is 2.08 bits per heavy atom. The van der Waals surface area contributed by atoms with Crippen LogP contribution in [0.25, 0.3) is 11.4 Å². The normalized spacial score (nSPS) is 15.9. The van der Waals surface area contributed by atoms with Crippen LogP contribution in [0.2, 0.25) is 0 Å². The maximum absolute atomic E-state index is 12.1. The Bertz CT molecular complexity index is 691. The van der Waals surface area contributed by atoms with Crippen molar-refractivity contribution in [2.24, 2.45) is 5.92 Å². The van der Waals surface area contributed by atoms with E-state index in [-0.39, 0.29) is 12.1 Å². The molecule has 0 aliphatic carbocycles. The van der Waals surface area contributed by atoms with E-state index in [9.17, 15) is 4.79 Å². The van der Waals surface area contributed by atoms with E-state index in [0.29, 0.717) is 5.92 Å². The minimum Gasteiger partial charge on any atom is -0.336 e. The van der Waals surface area contributed by atoms with Crippen molar-refractivity contribution in [3.8, 4) is 11.4 Å². The van der Waals surface area contributed by atoms with E-state index >= 15 is 0 Å². The van der Waals surface area contributed by atoms with Crippen molar-refractivity contribution < 1.29 is 4.79 Å². The minimum atomic E-state index is 0.0531. The van der Waals surface area contributed by atoms with Crippen molar-refractivity contribution in [1.82, 2.24) is 24.8 Å². The molecule has 6 heteroatoms. The number of urea groups is 1. The topological polar surface area (TPSA) is 63.1 Å². The summed E-state index contributed by atoms with van der Waals surface area (Å²) in [5.41, 5.74) is 2.22. The van der Waals surface area contributed by atoms with Gasteiger partial charge in [-0.15, -0.1) is 0 Å². The summed E-state index contributed by atoms with van der Waals surface area (Å²) < 4.78 is 2.24.